The predicted octanol–water partition coefficient (Wildman–Crippen LogP) is 2.02. The van der Waals surface area contributed by atoms with Gasteiger partial charge in [-0.3, -0.25) is 4.79 Å². The molecule has 0 bridgehead atoms. The number of carbonyl (C=O) groups excluding carboxylic acids is 1. The number of thiol groups is 1. The molecule has 16 heavy (non-hydrogen) atoms. The summed E-state index contributed by atoms with van der Waals surface area (Å²) in [7, 11) is 0. The fourth-order valence-corrected chi connectivity index (χ4v) is 3.14. The van der Waals surface area contributed by atoms with Gasteiger partial charge in [-0.1, -0.05) is 0 Å². The minimum Gasteiger partial charge on any atom is -0.394 e. The Labute approximate surface area is 104 Å². The first-order chi connectivity index (χ1) is 7.72. The van der Waals surface area contributed by atoms with E-state index >= 15 is 0 Å². The number of nitrogens with zero attached hydrogens (tertiary/aromatic N) is 1. The van der Waals surface area contributed by atoms with Crippen LogP contribution in [0, 0.1) is 0 Å². The molecule has 1 saturated heterocycles. The van der Waals surface area contributed by atoms with E-state index in [1.165, 1.54) is 11.3 Å². The number of carbonyl (C=O) groups is 1. The van der Waals surface area contributed by atoms with E-state index < -0.39 is 0 Å². The number of aliphatic hydroxyl groups is 1. The molecule has 0 saturated carbocycles. The molecule has 0 aromatic carbocycles. The summed E-state index contributed by atoms with van der Waals surface area (Å²) in [5, 5.41) is 11.1. The van der Waals surface area contributed by atoms with Gasteiger partial charge in [-0.15, -0.1) is 24.0 Å². The van der Waals surface area contributed by atoms with Crippen molar-refractivity contribution in [2.45, 2.75) is 30.2 Å². The van der Waals surface area contributed by atoms with Crippen LogP contribution < -0.4 is 0 Å². The van der Waals surface area contributed by atoms with Crippen LogP contribution in [0.2, 0.25) is 0 Å². The Bertz CT molecular complexity index is 378. The van der Waals surface area contributed by atoms with Crippen molar-refractivity contribution in [2.75, 3.05) is 13.2 Å². The molecule has 88 valence electrons. The predicted molar refractivity (Wildman–Crippen MR) is 67.3 cm³/mol. The number of likely N-dealkylation sites (tertiary alicyclic amines) is 1. The molecular formula is C11H15NO2S2. The zero-order valence-electron chi connectivity index (χ0n) is 8.93. The third kappa shape index (κ3) is 2.42. The van der Waals surface area contributed by atoms with Crippen LogP contribution in [-0.4, -0.2) is 35.1 Å². The normalized spacial score (nSPS) is 21.1. The van der Waals surface area contributed by atoms with E-state index in [9.17, 15) is 9.90 Å². The summed E-state index contributed by atoms with van der Waals surface area (Å²) < 4.78 is 0. The van der Waals surface area contributed by atoms with Crippen molar-refractivity contribution in [1.82, 2.24) is 4.90 Å². The number of amides is 1. The molecule has 0 radical (unpaired) electrons. The van der Waals surface area contributed by atoms with Gasteiger partial charge >= 0.3 is 0 Å². The van der Waals surface area contributed by atoms with E-state index in [4.69, 9.17) is 0 Å². The molecule has 2 rings (SSSR count). The van der Waals surface area contributed by atoms with E-state index in [-0.39, 0.29) is 18.6 Å². The van der Waals surface area contributed by atoms with Crippen molar-refractivity contribution in [3.8, 4) is 0 Å². The summed E-state index contributed by atoms with van der Waals surface area (Å²) in [4.78, 5) is 15.5. The van der Waals surface area contributed by atoms with Gasteiger partial charge in [0.1, 0.15) is 0 Å². The van der Waals surface area contributed by atoms with Gasteiger partial charge in [-0.25, -0.2) is 0 Å². The molecule has 0 aliphatic carbocycles. The maximum Gasteiger partial charge on any atom is 0.264 e. The maximum atomic E-state index is 12.2. The van der Waals surface area contributed by atoms with Crippen LogP contribution in [0.3, 0.4) is 0 Å². The molecule has 1 aromatic heterocycles. The lowest BCUT2D eigenvalue weighted by Crippen LogP contribution is -2.45. The van der Waals surface area contributed by atoms with Crippen LogP contribution in [-0.2, 0) is 0 Å². The van der Waals surface area contributed by atoms with Crippen LogP contribution in [0.4, 0.5) is 0 Å². The topological polar surface area (TPSA) is 40.5 Å². The first kappa shape index (κ1) is 12.0. The van der Waals surface area contributed by atoms with Crippen molar-refractivity contribution < 1.29 is 9.90 Å². The SMILES string of the molecule is O=C(c1cc(S)cs1)N1CCCCC1CO. The first-order valence-corrected chi connectivity index (χ1v) is 6.74. The molecule has 3 nitrogen and oxygen atoms in total. The Hall–Kier alpha value is -0.520. The zero-order valence-corrected chi connectivity index (χ0v) is 10.6. The molecule has 1 aromatic rings. The van der Waals surface area contributed by atoms with Crippen LogP contribution in [0.1, 0.15) is 28.9 Å². The minimum atomic E-state index is -0.00767. The van der Waals surface area contributed by atoms with Gasteiger partial charge in [0, 0.05) is 16.8 Å². The molecule has 0 spiro atoms. The van der Waals surface area contributed by atoms with E-state index in [1.807, 2.05) is 5.38 Å². The molecule has 1 N–H and O–H groups in total. The third-order valence-electron chi connectivity index (χ3n) is 2.90. The van der Waals surface area contributed by atoms with E-state index in [0.29, 0.717) is 4.88 Å². The molecule has 2 heterocycles. The summed E-state index contributed by atoms with van der Waals surface area (Å²) in [5.74, 6) is 0.0315. The standard InChI is InChI=1S/C11H15NO2S2/c13-6-8-3-1-2-4-12(8)11(14)10-5-9(15)7-16-10/h5,7-8,13,15H,1-4,6H2. The minimum absolute atomic E-state index is 0.00767. The van der Waals surface area contributed by atoms with Gasteiger partial charge in [0.05, 0.1) is 17.5 Å². The van der Waals surface area contributed by atoms with Gasteiger partial charge in [0.25, 0.3) is 5.91 Å². The van der Waals surface area contributed by atoms with Crippen molar-refractivity contribution >= 4 is 29.9 Å². The average Bonchev–Trinajstić information content (AvgIpc) is 2.75. The number of thiophene rings is 1. The van der Waals surface area contributed by atoms with Crippen LogP contribution >= 0.6 is 24.0 Å². The first-order valence-electron chi connectivity index (χ1n) is 5.41. The van der Waals surface area contributed by atoms with E-state index in [1.54, 1.807) is 11.0 Å². The lowest BCUT2D eigenvalue weighted by Gasteiger charge is -2.34. The summed E-state index contributed by atoms with van der Waals surface area (Å²) in [5.41, 5.74) is 0. The Kier molecular flexibility index (Phi) is 3.89. The van der Waals surface area contributed by atoms with Crippen LogP contribution in [0.5, 0.6) is 0 Å². The van der Waals surface area contributed by atoms with Gasteiger partial charge in [0.15, 0.2) is 0 Å². The van der Waals surface area contributed by atoms with Crippen LogP contribution in [0.25, 0.3) is 0 Å². The fraction of sp³-hybridized carbons (Fsp3) is 0.545. The highest BCUT2D eigenvalue weighted by atomic mass is 32.1. The van der Waals surface area contributed by atoms with Gasteiger partial charge < -0.3 is 10.0 Å². The highest BCUT2D eigenvalue weighted by molar-refractivity contribution is 7.80. The number of rotatable bonds is 2. The monoisotopic (exact) mass is 257 g/mol. The van der Waals surface area contributed by atoms with Crippen molar-refractivity contribution in [2.24, 2.45) is 0 Å². The van der Waals surface area contributed by atoms with Crippen molar-refractivity contribution in [1.29, 1.82) is 0 Å². The third-order valence-corrected chi connectivity index (χ3v) is 4.25. The Morgan fingerprint density at radius 2 is 2.44 bits per heavy atom. The fourth-order valence-electron chi connectivity index (χ4n) is 2.04. The summed E-state index contributed by atoms with van der Waals surface area (Å²) >= 11 is 5.61. The molecule has 5 heteroatoms. The number of aliphatic hydroxyl groups excluding tert-OH is 1. The second-order valence-corrected chi connectivity index (χ2v) is 5.43. The lowest BCUT2D eigenvalue weighted by atomic mass is 10.0. The largest absolute Gasteiger partial charge is 0.394 e. The Morgan fingerprint density at radius 1 is 1.62 bits per heavy atom. The van der Waals surface area contributed by atoms with Gasteiger partial charge in [-0.2, -0.15) is 0 Å². The van der Waals surface area contributed by atoms with Crippen molar-refractivity contribution in [3.05, 3.63) is 16.3 Å². The smallest absolute Gasteiger partial charge is 0.264 e. The molecule has 1 fully saturated rings. The molecular weight excluding hydrogens is 242 g/mol. The quantitative estimate of drug-likeness (QED) is 0.796. The molecule has 1 atom stereocenters. The highest BCUT2D eigenvalue weighted by Crippen LogP contribution is 2.24. The Balaban J connectivity index is 2.13. The summed E-state index contributed by atoms with van der Waals surface area (Å²) in [6.45, 7) is 0.814. The summed E-state index contributed by atoms with van der Waals surface area (Å²) in [6, 6.07) is 1.78. The molecule has 1 amide bonds. The number of hydrogen-bond donors (Lipinski definition) is 2. The Morgan fingerprint density at radius 3 is 3.06 bits per heavy atom. The summed E-state index contributed by atoms with van der Waals surface area (Å²) in [6.07, 6.45) is 3.03. The molecule has 1 aliphatic rings. The van der Waals surface area contributed by atoms with Crippen molar-refractivity contribution in [3.63, 3.8) is 0 Å². The second-order valence-electron chi connectivity index (χ2n) is 4.00. The van der Waals surface area contributed by atoms with Gasteiger partial charge in [-0.05, 0) is 25.3 Å². The van der Waals surface area contributed by atoms with E-state index in [0.717, 1.165) is 30.7 Å². The highest BCUT2D eigenvalue weighted by Gasteiger charge is 2.27. The molecule has 1 unspecified atom stereocenters. The lowest BCUT2D eigenvalue weighted by molar-refractivity contribution is 0.0507. The van der Waals surface area contributed by atoms with Crippen LogP contribution in [0.15, 0.2) is 16.3 Å². The average molecular weight is 257 g/mol. The number of piperidine rings is 1. The zero-order chi connectivity index (χ0) is 11.5. The second kappa shape index (κ2) is 5.21. The maximum absolute atomic E-state index is 12.2. The van der Waals surface area contributed by atoms with E-state index in [2.05, 4.69) is 12.6 Å². The number of hydrogen-bond acceptors (Lipinski definition) is 4. The van der Waals surface area contributed by atoms with Gasteiger partial charge in [0.2, 0.25) is 0 Å². The molecule has 1 aliphatic heterocycles.